The van der Waals surface area contributed by atoms with Crippen LogP contribution in [0.3, 0.4) is 0 Å². The van der Waals surface area contributed by atoms with E-state index in [4.69, 9.17) is 9.47 Å². The Kier molecular flexibility index (Phi) is 5.24. The SMILES string of the molecule is CO[C@H](C(=O)CC(=O)OC(C)(C)C)c1ccccc1. The van der Waals surface area contributed by atoms with Gasteiger partial charge in [0.15, 0.2) is 5.78 Å². The minimum absolute atomic E-state index is 0.287. The number of esters is 1. The number of ketones is 1. The Morgan fingerprint density at radius 2 is 1.74 bits per heavy atom. The van der Waals surface area contributed by atoms with Crippen molar-refractivity contribution in [2.45, 2.75) is 38.9 Å². The van der Waals surface area contributed by atoms with Crippen LogP contribution in [0.15, 0.2) is 30.3 Å². The molecule has 104 valence electrons. The lowest BCUT2D eigenvalue weighted by Crippen LogP contribution is -2.27. The number of carbonyl (C=O) groups is 2. The van der Waals surface area contributed by atoms with Crippen molar-refractivity contribution in [3.05, 3.63) is 35.9 Å². The fourth-order valence-electron chi connectivity index (χ4n) is 1.69. The van der Waals surface area contributed by atoms with E-state index >= 15 is 0 Å². The first-order valence-electron chi connectivity index (χ1n) is 6.16. The zero-order valence-corrected chi connectivity index (χ0v) is 11.8. The molecule has 0 spiro atoms. The van der Waals surface area contributed by atoms with E-state index in [1.807, 2.05) is 18.2 Å². The molecule has 0 heterocycles. The number of hydrogen-bond acceptors (Lipinski definition) is 4. The van der Waals surface area contributed by atoms with Gasteiger partial charge in [0.2, 0.25) is 0 Å². The Hall–Kier alpha value is -1.68. The molecule has 0 aliphatic carbocycles. The Morgan fingerprint density at radius 3 is 2.21 bits per heavy atom. The second-order valence-corrected chi connectivity index (χ2v) is 5.26. The summed E-state index contributed by atoms with van der Waals surface area (Å²) in [6.45, 7) is 5.29. The second-order valence-electron chi connectivity index (χ2n) is 5.26. The summed E-state index contributed by atoms with van der Waals surface area (Å²) >= 11 is 0. The molecule has 0 fully saturated rings. The van der Waals surface area contributed by atoms with Crippen LogP contribution >= 0.6 is 0 Å². The third-order valence-electron chi connectivity index (χ3n) is 2.37. The maximum atomic E-state index is 12.0. The van der Waals surface area contributed by atoms with Crippen molar-refractivity contribution in [1.82, 2.24) is 0 Å². The topological polar surface area (TPSA) is 52.6 Å². The van der Waals surface area contributed by atoms with E-state index in [1.165, 1.54) is 7.11 Å². The fourth-order valence-corrected chi connectivity index (χ4v) is 1.69. The molecule has 1 atom stereocenters. The molecule has 0 saturated heterocycles. The van der Waals surface area contributed by atoms with Crippen molar-refractivity contribution in [2.75, 3.05) is 7.11 Å². The molecular formula is C15H20O4. The quantitative estimate of drug-likeness (QED) is 0.606. The maximum Gasteiger partial charge on any atom is 0.313 e. The highest BCUT2D eigenvalue weighted by Crippen LogP contribution is 2.19. The van der Waals surface area contributed by atoms with Crippen molar-refractivity contribution in [3.8, 4) is 0 Å². The van der Waals surface area contributed by atoms with Gasteiger partial charge in [-0.25, -0.2) is 0 Å². The van der Waals surface area contributed by atoms with E-state index in [0.29, 0.717) is 0 Å². The van der Waals surface area contributed by atoms with Gasteiger partial charge in [-0.2, -0.15) is 0 Å². The molecule has 4 nitrogen and oxygen atoms in total. The summed E-state index contributed by atoms with van der Waals surface area (Å²) in [6.07, 6.45) is -1.02. The van der Waals surface area contributed by atoms with E-state index in [2.05, 4.69) is 0 Å². The first kappa shape index (κ1) is 15.4. The summed E-state index contributed by atoms with van der Waals surface area (Å²) in [7, 11) is 1.45. The van der Waals surface area contributed by atoms with Crippen LogP contribution < -0.4 is 0 Å². The molecule has 0 bridgehead atoms. The highest BCUT2D eigenvalue weighted by Gasteiger charge is 2.25. The molecule has 1 aromatic rings. The Morgan fingerprint density at radius 1 is 1.16 bits per heavy atom. The van der Waals surface area contributed by atoms with Crippen molar-refractivity contribution >= 4 is 11.8 Å². The van der Waals surface area contributed by atoms with Gasteiger partial charge in [0.1, 0.15) is 18.1 Å². The number of rotatable bonds is 5. The monoisotopic (exact) mass is 264 g/mol. The van der Waals surface area contributed by atoms with Gasteiger partial charge in [-0.1, -0.05) is 30.3 Å². The first-order chi connectivity index (χ1) is 8.83. The minimum atomic E-state index is -0.728. The van der Waals surface area contributed by atoms with Crippen LogP contribution in [0, 0.1) is 0 Å². The maximum absolute atomic E-state index is 12.0. The Balaban J connectivity index is 2.68. The van der Waals surface area contributed by atoms with Gasteiger partial charge in [0, 0.05) is 7.11 Å². The van der Waals surface area contributed by atoms with Crippen LogP contribution in [0.5, 0.6) is 0 Å². The molecule has 4 heteroatoms. The Bertz CT molecular complexity index is 431. The predicted octanol–water partition coefficient (Wildman–Crippen LogP) is 2.68. The average Bonchev–Trinajstić information content (AvgIpc) is 2.28. The van der Waals surface area contributed by atoms with Crippen LogP contribution in [-0.4, -0.2) is 24.5 Å². The number of Topliss-reactive ketones (excluding diaryl/α,β-unsaturated/α-hetero) is 1. The molecule has 0 aliphatic rings. The van der Waals surface area contributed by atoms with Crippen molar-refractivity contribution in [1.29, 1.82) is 0 Å². The standard InChI is InChI=1S/C15H20O4/c1-15(2,3)19-13(17)10-12(16)14(18-4)11-8-6-5-7-9-11/h5-9,14H,10H2,1-4H3/t14-/m0/s1. The van der Waals surface area contributed by atoms with E-state index in [-0.39, 0.29) is 12.2 Å². The highest BCUT2D eigenvalue weighted by atomic mass is 16.6. The van der Waals surface area contributed by atoms with Crippen molar-refractivity contribution in [2.24, 2.45) is 0 Å². The second kappa shape index (κ2) is 6.48. The largest absolute Gasteiger partial charge is 0.460 e. The number of hydrogen-bond donors (Lipinski definition) is 0. The van der Waals surface area contributed by atoms with Crippen molar-refractivity contribution < 1.29 is 19.1 Å². The van der Waals surface area contributed by atoms with Gasteiger partial charge in [0.25, 0.3) is 0 Å². The zero-order valence-electron chi connectivity index (χ0n) is 11.8. The number of ether oxygens (including phenoxy) is 2. The van der Waals surface area contributed by atoms with E-state index in [9.17, 15) is 9.59 Å². The van der Waals surface area contributed by atoms with E-state index in [0.717, 1.165) is 5.56 Å². The third-order valence-corrected chi connectivity index (χ3v) is 2.37. The molecule has 0 aromatic heterocycles. The first-order valence-corrected chi connectivity index (χ1v) is 6.16. The summed E-state index contributed by atoms with van der Waals surface area (Å²) in [6, 6.07) is 9.08. The molecule has 1 rings (SSSR count). The lowest BCUT2D eigenvalue weighted by atomic mass is 10.0. The molecule has 0 unspecified atom stereocenters. The fraction of sp³-hybridized carbons (Fsp3) is 0.467. The molecular weight excluding hydrogens is 244 g/mol. The molecule has 0 amide bonds. The van der Waals surface area contributed by atoms with Gasteiger partial charge in [-0.15, -0.1) is 0 Å². The zero-order chi connectivity index (χ0) is 14.5. The third kappa shape index (κ3) is 5.22. The van der Waals surface area contributed by atoms with Crippen LogP contribution in [0.1, 0.15) is 38.9 Å². The number of benzene rings is 1. The summed E-state index contributed by atoms with van der Waals surface area (Å²) in [5, 5.41) is 0. The molecule has 19 heavy (non-hydrogen) atoms. The number of carbonyl (C=O) groups excluding carboxylic acids is 2. The summed E-state index contributed by atoms with van der Waals surface area (Å²) < 4.78 is 10.3. The number of methoxy groups -OCH3 is 1. The van der Waals surface area contributed by atoms with Crippen LogP contribution in [0.2, 0.25) is 0 Å². The Labute approximate surface area is 113 Å². The van der Waals surface area contributed by atoms with Gasteiger partial charge in [-0.05, 0) is 26.3 Å². The van der Waals surface area contributed by atoms with E-state index in [1.54, 1.807) is 32.9 Å². The summed E-state index contributed by atoms with van der Waals surface area (Å²) in [5.74, 6) is -0.835. The molecule has 0 N–H and O–H groups in total. The molecule has 1 aromatic carbocycles. The van der Waals surface area contributed by atoms with Gasteiger partial charge in [-0.3, -0.25) is 9.59 Å². The summed E-state index contributed by atoms with van der Waals surface area (Å²) in [5.41, 5.74) is 0.144. The van der Waals surface area contributed by atoms with Crippen LogP contribution in [0.4, 0.5) is 0 Å². The minimum Gasteiger partial charge on any atom is -0.460 e. The van der Waals surface area contributed by atoms with Crippen LogP contribution in [0.25, 0.3) is 0 Å². The van der Waals surface area contributed by atoms with Gasteiger partial charge in [0.05, 0.1) is 0 Å². The molecule has 0 radical (unpaired) electrons. The smallest absolute Gasteiger partial charge is 0.313 e. The molecule has 0 aliphatic heterocycles. The highest BCUT2D eigenvalue weighted by molar-refractivity contribution is 5.98. The lowest BCUT2D eigenvalue weighted by Gasteiger charge is -2.20. The summed E-state index contributed by atoms with van der Waals surface area (Å²) in [4.78, 5) is 23.7. The van der Waals surface area contributed by atoms with Crippen molar-refractivity contribution in [3.63, 3.8) is 0 Å². The van der Waals surface area contributed by atoms with Gasteiger partial charge >= 0.3 is 5.97 Å². The van der Waals surface area contributed by atoms with E-state index < -0.39 is 17.7 Å². The predicted molar refractivity (Wildman–Crippen MR) is 71.7 cm³/mol. The lowest BCUT2D eigenvalue weighted by molar-refractivity contribution is -0.157. The molecule has 0 saturated carbocycles. The average molecular weight is 264 g/mol. The van der Waals surface area contributed by atoms with Crippen LogP contribution in [-0.2, 0) is 19.1 Å². The van der Waals surface area contributed by atoms with Gasteiger partial charge < -0.3 is 9.47 Å². The normalized spacial score (nSPS) is 12.8.